The van der Waals surface area contributed by atoms with Crippen LogP contribution in [0.2, 0.25) is 0 Å². The van der Waals surface area contributed by atoms with Crippen LogP contribution in [0, 0.1) is 25.7 Å². The molecule has 0 saturated carbocycles. The molecule has 2 bridgehead atoms. The topological polar surface area (TPSA) is 117 Å². The van der Waals surface area contributed by atoms with E-state index >= 15 is 0 Å². The molecule has 274 valence electrons. The first-order valence-corrected chi connectivity index (χ1v) is 18.7. The summed E-state index contributed by atoms with van der Waals surface area (Å²) in [6, 6.07) is 13.5. The lowest BCUT2D eigenvalue weighted by atomic mass is 9.70. The van der Waals surface area contributed by atoms with Crippen molar-refractivity contribution in [3.05, 3.63) is 90.5 Å². The molecule has 11 heteroatoms. The van der Waals surface area contributed by atoms with Crippen LogP contribution in [0.4, 0.5) is 5.69 Å². The van der Waals surface area contributed by atoms with Crippen molar-refractivity contribution in [1.82, 2.24) is 9.80 Å². The second-order valence-electron chi connectivity index (χ2n) is 13.9. The zero-order valence-electron chi connectivity index (χ0n) is 30.0. The number of para-hydroxylation sites is 1. The number of alkyl halides is 1. The highest BCUT2D eigenvalue weighted by atomic mass is 79.9. The molecular formula is C40H50BrN3O7. The molecule has 2 aromatic carbocycles. The van der Waals surface area contributed by atoms with Gasteiger partial charge < -0.3 is 29.3 Å². The number of aryl methyl sites for hydroxylation is 2. The van der Waals surface area contributed by atoms with E-state index in [4.69, 9.17) is 9.47 Å². The molecule has 0 radical (unpaired) electrons. The maximum absolute atomic E-state index is 15.0. The minimum Gasteiger partial charge on any atom is -0.455 e. The summed E-state index contributed by atoms with van der Waals surface area (Å²) in [6.45, 7) is 13.7. The van der Waals surface area contributed by atoms with Crippen molar-refractivity contribution in [2.75, 3.05) is 31.6 Å². The highest BCUT2D eigenvalue weighted by molar-refractivity contribution is 9.09. The van der Waals surface area contributed by atoms with Crippen LogP contribution in [0.1, 0.15) is 61.8 Å². The first-order valence-electron chi connectivity index (χ1n) is 17.8. The molecule has 3 aliphatic rings. The van der Waals surface area contributed by atoms with Crippen LogP contribution in [0.3, 0.4) is 0 Å². The number of ether oxygens (including phenoxy) is 2. The molecule has 10 nitrogen and oxygen atoms in total. The predicted octanol–water partition coefficient (Wildman–Crippen LogP) is 5.44. The highest BCUT2D eigenvalue weighted by Crippen LogP contribution is 2.60. The fourth-order valence-electron chi connectivity index (χ4n) is 8.24. The summed E-state index contributed by atoms with van der Waals surface area (Å²) in [5.74, 6) is -3.33. The number of hydrogen-bond acceptors (Lipinski definition) is 7. The minimum absolute atomic E-state index is 0.0548. The molecule has 1 unspecified atom stereocenters. The fourth-order valence-corrected chi connectivity index (χ4v) is 9.18. The number of aliphatic hydroxyl groups excluding tert-OH is 1. The number of aliphatic hydroxyl groups is 1. The van der Waals surface area contributed by atoms with Crippen molar-refractivity contribution in [3.8, 4) is 0 Å². The molecule has 2 aromatic rings. The molecule has 0 aromatic heterocycles. The average molecular weight is 765 g/mol. The lowest BCUT2D eigenvalue weighted by molar-refractivity contribution is -0.164. The number of nitrogens with zero attached hydrogens (tertiary/aromatic N) is 3. The van der Waals surface area contributed by atoms with Gasteiger partial charge in [0.1, 0.15) is 17.7 Å². The zero-order valence-corrected chi connectivity index (χ0v) is 31.6. The summed E-state index contributed by atoms with van der Waals surface area (Å²) >= 11 is 3.76. The monoisotopic (exact) mass is 763 g/mol. The van der Waals surface area contributed by atoms with E-state index in [1.807, 2.05) is 69.3 Å². The second kappa shape index (κ2) is 16.3. The third-order valence-electron chi connectivity index (χ3n) is 10.8. The van der Waals surface area contributed by atoms with Gasteiger partial charge >= 0.3 is 5.97 Å². The average Bonchev–Trinajstić information content (AvgIpc) is 3.71. The van der Waals surface area contributed by atoms with E-state index in [1.165, 1.54) is 0 Å². The molecule has 3 aliphatic heterocycles. The van der Waals surface area contributed by atoms with Crippen molar-refractivity contribution in [1.29, 1.82) is 0 Å². The Hall–Kier alpha value is -3.80. The maximum Gasteiger partial charge on any atom is 0.313 e. The molecule has 3 amide bonds. The molecular weight excluding hydrogens is 714 g/mol. The number of halogens is 1. The highest BCUT2D eigenvalue weighted by Gasteiger charge is 2.77. The molecule has 3 heterocycles. The van der Waals surface area contributed by atoms with Crippen molar-refractivity contribution >= 4 is 45.3 Å². The maximum atomic E-state index is 15.0. The Labute approximate surface area is 309 Å². The van der Waals surface area contributed by atoms with Crippen LogP contribution < -0.4 is 4.90 Å². The normalized spacial score (nSPS) is 26.0. The number of fused-ring (bicyclic) bond motifs is 1. The summed E-state index contributed by atoms with van der Waals surface area (Å²) in [6.07, 6.45) is 3.86. The summed E-state index contributed by atoms with van der Waals surface area (Å²) in [5.41, 5.74) is 1.97. The Morgan fingerprint density at radius 3 is 2.41 bits per heavy atom. The predicted molar refractivity (Wildman–Crippen MR) is 199 cm³/mol. The number of benzene rings is 2. The quantitative estimate of drug-likeness (QED) is 0.105. The molecule has 3 saturated heterocycles. The molecule has 1 N–H and O–H groups in total. The lowest BCUT2D eigenvalue weighted by Gasteiger charge is -2.38. The minimum atomic E-state index is -1.29. The van der Waals surface area contributed by atoms with Gasteiger partial charge in [0.15, 0.2) is 0 Å². The molecule has 8 atom stereocenters. The van der Waals surface area contributed by atoms with Gasteiger partial charge in [0.25, 0.3) is 5.91 Å². The number of likely N-dealkylation sites (N-methyl/N-ethyl adjacent to an activating group) is 1. The first kappa shape index (κ1) is 38.4. The number of rotatable bonds is 16. The van der Waals surface area contributed by atoms with Crippen LogP contribution in [0.5, 0.6) is 0 Å². The summed E-state index contributed by atoms with van der Waals surface area (Å²) in [5, 5.41) is 9.59. The van der Waals surface area contributed by atoms with Gasteiger partial charge in [-0.05, 0) is 63.1 Å². The fraction of sp³-hybridized carbons (Fsp3) is 0.500. The zero-order chi connectivity index (χ0) is 37.0. The van der Waals surface area contributed by atoms with Crippen molar-refractivity contribution in [2.24, 2.45) is 11.8 Å². The summed E-state index contributed by atoms with van der Waals surface area (Å²) < 4.78 is 13.1. The number of allylic oxidation sites excluding steroid dienone is 1. The second-order valence-corrected chi connectivity index (χ2v) is 15.1. The van der Waals surface area contributed by atoms with E-state index in [2.05, 4.69) is 29.1 Å². The van der Waals surface area contributed by atoms with Gasteiger partial charge in [-0.3, -0.25) is 19.2 Å². The summed E-state index contributed by atoms with van der Waals surface area (Å²) in [4.78, 5) is 61.7. The standard InChI is InChI=1S/C40H50BrN3O7/c1-7-9-20-30(46)42(6)27(5)34(28-18-11-10-12-19-28)50-39(49)31-32-37(47)44(22-13-14-23-45)36(40(32)24-29(41)35(31)51-40)38(48)43(21-8-2)33-25(3)16-15-17-26(33)4/h7-8,10-12,15-19,27,29,31-32,34-36,45H,1-2,9,13-14,20-24H2,3-6H3/t27-,29?,31-,32+,34+,35-,36-,40+/m1/s1. The Balaban J connectivity index is 1.53. The largest absolute Gasteiger partial charge is 0.455 e. The Morgan fingerprint density at radius 2 is 1.78 bits per heavy atom. The number of amides is 3. The van der Waals surface area contributed by atoms with Crippen molar-refractivity contribution in [2.45, 2.75) is 87.6 Å². The SMILES string of the molecule is C=CCCC(=O)N(C)[C@H](C)[C@H](OC(=O)[C@H]1[C@@H]2O[C@@]3(CC2Br)[C@@H]1C(=O)N(CCCCO)[C@@H]3C(=O)N(CC=C)c1c(C)cccc1C)c1ccccc1. The van der Waals surface area contributed by atoms with Crippen LogP contribution in [0.25, 0.3) is 0 Å². The number of anilines is 1. The first-order chi connectivity index (χ1) is 24.4. The van der Waals surface area contributed by atoms with E-state index in [0.717, 1.165) is 16.8 Å². The Kier molecular flexibility index (Phi) is 12.2. The van der Waals surface area contributed by atoms with E-state index in [-0.39, 0.29) is 48.7 Å². The third-order valence-corrected chi connectivity index (χ3v) is 11.6. The number of unbranched alkanes of at least 4 members (excludes halogenated alkanes) is 1. The van der Waals surface area contributed by atoms with Gasteiger partial charge in [0.05, 0.1) is 24.0 Å². The Bertz CT molecular complexity index is 1610. The number of hydrogen-bond donors (Lipinski definition) is 1. The van der Waals surface area contributed by atoms with Crippen LogP contribution in [-0.4, -0.2) is 94.0 Å². The number of carbonyl (C=O) groups is 4. The molecule has 51 heavy (non-hydrogen) atoms. The van der Waals surface area contributed by atoms with Crippen molar-refractivity contribution < 1.29 is 33.8 Å². The Morgan fingerprint density at radius 1 is 1.10 bits per heavy atom. The number of likely N-dealkylation sites (tertiary alicyclic amines) is 1. The van der Waals surface area contributed by atoms with Gasteiger partial charge in [-0.15, -0.1) is 13.2 Å². The van der Waals surface area contributed by atoms with Crippen molar-refractivity contribution in [3.63, 3.8) is 0 Å². The molecule has 0 aliphatic carbocycles. The van der Waals surface area contributed by atoms with Gasteiger partial charge in [0.2, 0.25) is 11.8 Å². The smallest absolute Gasteiger partial charge is 0.313 e. The van der Waals surface area contributed by atoms with E-state index in [1.54, 1.807) is 33.9 Å². The van der Waals surface area contributed by atoms with Crippen LogP contribution >= 0.6 is 15.9 Å². The van der Waals surface area contributed by atoms with E-state index < -0.39 is 47.7 Å². The number of carbonyl (C=O) groups excluding carboxylic acids is 4. The van der Waals surface area contributed by atoms with Crippen LogP contribution in [0.15, 0.2) is 73.8 Å². The molecule has 3 fully saturated rings. The van der Waals surface area contributed by atoms with Gasteiger partial charge in [-0.1, -0.05) is 76.6 Å². The van der Waals surface area contributed by atoms with Gasteiger partial charge in [0, 0.05) is 43.7 Å². The van der Waals surface area contributed by atoms with E-state index in [9.17, 15) is 24.3 Å². The van der Waals surface area contributed by atoms with Gasteiger partial charge in [-0.25, -0.2) is 0 Å². The number of esters is 1. The third kappa shape index (κ3) is 7.17. The lowest BCUT2D eigenvalue weighted by Crippen LogP contribution is -2.57. The molecule has 1 spiro atoms. The van der Waals surface area contributed by atoms with Gasteiger partial charge in [-0.2, -0.15) is 0 Å². The molecule has 5 rings (SSSR count). The van der Waals surface area contributed by atoms with Crippen LogP contribution in [-0.2, 0) is 28.7 Å². The van der Waals surface area contributed by atoms with E-state index in [0.29, 0.717) is 31.2 Å². The summed E-state index contributed by atoms with van der Waals surface area (Å²) in [7, 11) is 1.69.